The van der Waals surface area contributed by atoms with E-state index in [1.54, 1.807) is 18.0 Å². The van der Waals surface area contributed by atoms with Gasteiger partial charge in [0.05, 0.1) is 5.69 Å². The number of likely N-dealkylation sites (tertiary alicyclic amines) is 1. The summed E-state index contributed by atoms with van der Waals surface area (Å²) in [6.07, 6.45) is 3.13. The van der Waals surface area contributed by atoms with Crippen LogP contribution < -0.4 is 5.32 Å². The van der Waals surface area contributed by atoms with Gasteiger partial charge in [-0.05, 0) is 31.0 Å². The van der Waals surface area contributed by atoms with Crippen LogP contribution in [0.3, 0.4) is 0 Å². The molecule has 0 unspecified atom stereocenters. The zero-order valence-electron chi connectivity index (χ0n) is 13.1. The van der Waals surface area contributed by atoms with Crippen LogP contribution >= 0.6 is 0 Å². The zero-order valence-corrected chi connectivity index (χ0v) is 13.1. The first kappa shape index (κ1) is 15.3. The van der Waals surface area contributed by atoms with Gasteiger partial charge in [-0.15, -0.1) is 0 Å². The highest BCUT2D eigenvalue weighted by molar-refractivity contribution is 5.93. The molecule has 2 heterocycles. The minimum absolute atomic E-state index is 0.0231. The Balaban J connectivity index is 1.62. The number of H-pyrrole nitrogens is 1. The Morgan fingerprint density at radius 1 is 1.26 bits per heavy atom. The summed E-state index contributed by atoms with van der Waals surface area (Å²) < 4.78 is 0. The van der Waals surface area contributed by atoms with Crippen LogP contribution in [0.25, 0.3) is 11.3 Å². The van der Waals surface area contributed by atoms with Crippen LogP contribution in [0.15, 0.2) is 36.5 Å². The highest BCUT2D eigenvalue weighted by atomic mass is 16.2. The first-order valence-electron chi connectivity index (χ1n) is 7.79. The third-order valence-electron chi connectivity index (χ3n) is 4.25. The fourth-order valence-corrected chi connectivity index (χ4v) is 2.88. The average molecular weight is 312 g/mol. The Morgan fingerprint density at radius 2 is 2.04 bits per heavy atom. The van der Waals surface area contributed by atoms with E-state index in [4.69, 9.17) is 0 Å². The minimum atomic E-state index is -0.0404. The molecule has 6 heteroatoms. The van der Waals surface area contributed by atoms with Crippen molar-refractivity contribution in [2.24, 2.45) is 5.92 Å². The van der Waals surface area contributed by atoms with Crippen molar-refractivity contribution in [1.29, 1.82) is 0 Å². The molecule has 0 atom stereocenters. The van der Waals surface area contributed by atoms with Crippen molar-refractivity contribution in [3.8, 4) is 11.3 Å². The van der Waals surface area contributed by atoms with Crippen LogP contribution in [-0.2, 0) is 9.59 Å². The molecule has 1 fully saturated rings. The third-order valence-corrected chi connectivity index (χ3v) is 4.25. The number of carbonyl (C=O) groups is 2. The fourth-order valence-electron chi connectivity index (χ4n) is 2.88. The Hall–Kier alpha value is -2.63. The molecule has 1 aromatic heterocycles. The van der Waals surface area contributed by atoms with Crippen molar-refractivity contribution in [3.05, 3.63) is 36.5 Å². The topological polar surface area (TPSA) is 78.1 Å². The molecule has 0 bridgehead atoms. The number of anilines is 1. The lowest BCUT2D eigenvalue weighted by atomic mass is 9.95. The van der Waals surface area contributed by atoms with Crippen LogP contribution in [0.4, 0.5) is 5.69 Å². The van der Waals surface area contributed by atoms with Gasteiger partial charge in [0.15, 0.2) is 0 Å². The maximum absolute atomic E-state index is 12.4. The van der Waals surface area contributed by atoms with Crippen molar-refractivity contribution in [2.75, 3.05) is 18.4 Å². The normalized spacial score (nSPS) is 15.4. The fraction of sp³-hybridized carbons (Fsp3) is 0.353. The highest BCUT2D eigenvalue weighted by Gasteiger charge is 2.26. The number of aromatic nitrogens is 2. The summed E-state index contributed by atoms with van der Waals surface area (Å²) in [6.45, 7) is 2.88. The molecule has 23 heavy (non-hydrogen) atoms. The predicted octanol–water partition coefficient (Wildman–Crippen LogP) is 2.27. The van der Waals surface area contributed by atoms with Crippen LogP contribution in [0, 0.1) is 5.92 Å². The van der Waals surface area contributed by atoms with E-state index in [2.05, 4.69) is 15.5 Å². The van der Waals surface area contributed by atoms with E-state index in [-0.39, 0.29) is 17.7 Å². The van der Waals surface area contributed by atoms with Crippen molar-refractivity contribution in [3.63, 3.8) is 0 Å². The average Bonchev–Trinajstić information content (AvgIpc) is 3.10. The summed E-state index contributed by atoms with van der Waals surface area (Å²) in [5, 5.41) is 9.83. The lowest BCUT2D eigenvalue weighted by Gasteiger charge is -2.30. The molecule has 0 spiro atoms. The molecule has 120 valence electrons. The quantitative estimate of drug-likeness (QED) is 0.912. The number of amides is 2. The smallest absolute Gasteiger partial charge is 0.227 e. The molecule has 0 aliphatic carbocycles. The minimum Gasteiger partial charge on any atom is -0.343 e. The van der Waals surface area contributed by atoms with Gasteiger partial charge < -0.3 is 10.2 Å². The van der Waals surface area contributed by atoms with E-state index in [9.17, 15) is 9.59 Å². The molecule has 2 amide bonds. The van der Waals surface area contributed by atoms with Crippen LogP contribution in [0.5, 0.6) is 0 Å². The number of hydrogen-bond acceptors (Lipinski definition) is 3. The summed E-state index contributed by atoms with van der Waals surface area (Å²) in [6, 6.07) is 9.57. The van der Waals surface area contributed by atoms with E-state index in [0.29, 0.717) is 25.9 Å². The lowest BCUT2D eigenvalue weighted by molar-refractivity contribution is -0.132. The second kappa shape index (κ2) is 6.64. The van der Waals surface area contributed by atoms with Gasteiger partial charge in [-0.1, -0.05) is 12.1 Å². The molecule has 1 saturated heterocycles. The number of piperidine rings is 1. The number of aromatic amines is 1. The van der Waals surface area contributed by atoms with Gasteiger partial charge in [0.1, 0.15) is 0 Å². The lowest BCUT2D eigenvalue weighted by Crippen LogP contribution is -2.40. The van der Waals surface area contributed by atoms with Gasteiger partial charge >= 0.3 is 0 Å². The number of nitrogens with zero attached hydrogens (tertiary/aromatic N) is 2. The van der Waals surface area contributed by atoms with Crippen molar-refractivity contribution in [2.45, 2.75) is 19.8 Å². The van der Waals surface area contributed by atoms with Crippen LogP contribution in [0.2, 0.25) is 0 Å². The first-order valence-corrected chi connectivity index (χ1v) is 7.79. The molecule has 2 aromatic rings. The van der Waals surface area contributed by atoms with Gasteiger partial charge in [-0.3, -0.25) is 14.7 Å². The molecule has 3 rings (SSSR count). The van der Waals surface area contributed by atoms with Gasteiger partial charge in [0, 0.05) is 43.4 Å². The zero-order chi connectivity index (χ0) is 16.2. The maximum Gasteiger partial charge on any atom is 0.227 e. The molecule has 1 aliphatic rings. The highest BCUT2D eigenvalue weighted by Crippen LogP contribution is 2.23. The summed E-state index contributed by atoms with van der Waals surface area (Å²) >= 11 is 0. The molecular weight excluding hydrogens is 292 g/mol. The summed E-state index contributed by atoms with van der Waals surface area (Å²) in [7, 11) is 0. The van der Waals surface area contributed by atoms with Gasteiger partial charge in [0.2, 0.25) is 11.8 Å². The van der Waals surface area contributed by atoms with Crippen LogP contribution in [-0.4, -0.2) is 40.0 Å². The molecular formula is C17H20N4O2. The largest absolute Gasteiger partial charge is 0.343 e. The SMILES string of the molecule is CC(=O)N1CCC(C(=O)Nc2cccc(-c3ccn[nH]3)c2)CC1. The Morgan fingerprint density at radius 3 is 2.70 bits per heavy atom. The summed E-state index contributed by atoms with van der Waals surface area (Å²) in [5.41, 5.74) is 2.67. The first-order chi connectivity index (χ1) is 11.1. The second-order valence-corrected chi connectivity index (χ2v) is 5.82. The molecule has 0 radical (unpaired) electrons. The number of nitrogens with one attached hydrogen (secondary N) is 2. The van der Waals surface area contributed by atoms with Crippen molar-refractivity contribution < 1.29 is 9.59 Å². The van der Waals surface area contributed by atoms with Crippen molar-refractivity contribution >= 4 is 17.5 Å². The Kier molecular flexibility index (Phi) is 4.41. The van der Waals surface area contributed by atoms with E-state index >= 15 is 0 Å². The number of carbonyl (C=O) groups excluding carboxylic acids is 2. The number of hydrogen-bond donors (Lipinski definition) is 2. The molecule has 2 N–H and O–H groups in total. The maximum atomic E-state index is 12.4. The Bertz CT molecular complexity index is 688. The van der Waals surface area contributed by atoms with E-state index in [1.165, 1.54) is 0 Å². The van der Waals surface area contributed by atoms with Gasteiger partial charge in [-0.2, -0.15) is 5.10 Å². The molecule has 6 nitrogen and oxygen atoms in total. The number of rotatable bonds is 3. The summed E-state index contributed by atoms with van der Waals surface area (Å²) in [4.78, 5) is 25.5. The van der Waals surface area contributed by atoms with Crippen molar-refractivity contribution in [1.82, 2.24) is 15.1 Å². The summed E-state index contributed by atoms with van der Waals surface area (Å²) in [5.74, 6) is 0.0625. The van der Waals surface area contributed by atoms with E-state index < -0.39 is 0 Å². The van der Waals surface area contributed by atoms with E-state index in [1.807, 2.05) is 30.3 Å². The molecule has 1 aliphatic heterocycles. The van der Waals surface area contributed by atoms with Gasteiger partial charge in [0.25, 0.3) is 0 Å². The number of benzene rings is 1. The van der Waals surface area contributed by atoms with Gasteiger partial charge in [-0.25, -0.2) is 0 Å². The molecule has 1 aromatic carbocycles. The monoisotopic (exact) mass is 312 g/mol. The third kappa shape index (κ3) is 3.59. The standard InChI is InChI=1S/C17H20N4O2/c1-12(22)21-9-6-13(7-10-21)17(23)19-15-4-2-3-14(11-15)16-5-8-18-20-16/h2-5,8,11,13H,6-7,9-10H2,1H3,(H,18,20)(H,19,23). The van der Waals surface area contributed by atoms with E-state index in [0.717, 1.165) is 16.9 Å². The van der Waals surface area contributed by atoms with Crippen LogP contribution in [0.1, 0.15) is 19.8 Å². The molecule has 0 saturated carbocycles. The Labute approximate surface area is 134 Å². The predicted molar refractivity (Wildman–Crippen MR) is 87.6 cm³/mol. The second-order valence-electron chi connectivity index (χ2n) is 5.82.